The van der Waals surface area contributed by atoms with Gasteiger partial charge in [-0.1, -0.05) is 11.8 Å². The Balaban J connectivity index is 1.78. The Morgan fingerprint density at radius 3 is 2.50 bits per heavy atom. The quantitative estimate of drug-likeness (QED) is 0.823. The van der Waals surface area contributed by atoms with Crippen molar-refractivity contribution >= 4 is 22.9 Å². The molecule has 0 bridgehead atoms. The van der Waals surface area contributed by atoms with E-state index in [0.717, 1.165) is 43.9 Å². The van der Waals surface area contributed by atoms with Crippen LogP contribution in [0.3, 0.4) is 0 Å². The zero-order chi connectivity index (χ0) is 11.5. The number of rotatable bonds is 3. The van der Waals surface area contributed by atoms with E-state index in [2.05, 4.69) is 5.32 Å². The van der Waals surface area contributed by atoms with Crippen LogP contribution >= 0.6 is 11.8 Å². The molecule has 1 N–H and O–H groups in total. The number of methoxy groups -OCH3 is 1. The van der Waals surface area contributed by atoms with Crippen molar-refractivity contribution in [1.29, 1.82) is 0 Å². The lowest BCUT2D eigenvalue weighted by Gasteiger charge is -2.28. The monoisotopic (exact) mass is 243 g/mol. The first-order chi connectivity index (χ1) is 7.69. The Hall–Kier alpha value is -0.550. The molecule has 0 aromatic heterocycles. The molecule has 2 aliphatic rings. The first-order valence-electron chi connectivity index (χ1n) is 5.73. The molecule has 90 valence electrons. The minimum absolute atomic E-state index is 0.108. The van der Waals surface area contributed by atoms with Crippen LogP contribution in [-0.2, 0) is 9.53 Å². The lowest BCUT2D eigenvalue weighted by atomic mass is 9.84. The van der Waals surface area contributed by atoms with E-state index in [-0.39, 0.29) is 16.4 Å². The maximum Gasteiger partial charge on any atom is 0.286 e. The standard InChI is InChI=1S/C11H17NO3S/c1-15-8-4-2-7(3-5-8)6-9-10(13)12-11(14)16-9/h7-9H,2-6H2,1H3,(H,12,13,14). The molecule has 1 unspecified atom stereocenters. The third kappa shape index (κ3) is 2.77. The second-order valence-corrected chi connectivity index (χ2v) is 5.67. The summed E-state index contributed by atoms with van der Waals surface area (Å²) in [6, 6.07) is 0. The fourth-order valence-corrected chi connectivity index (χ4v) is 3.41. The fraction of sp³-hybridized carbons (Fsp3) is 0.818. The van der Waals surface area contributed by atoms with Gasteiger partial charge in [-0.25, -0.2) is 0 Å². The number of nitrogens with one attached hydrogen (secondary N) is 1. The van der Waals surface area contributed by atoms with E-state index in [1.807, 2.05) is 0 Å². The van der Waals surface area contributed by atoms with E-state index in [0.29, 0.717) is 12.0 Å². The van der Waals surface area contributed by atoms with Gasteiger partial charge < -0.3 is 4.74 Å². The summed E-state index contributed by atoms with van der Waals surface area (Å²) in [7, 11) is 1.75. The van der Waals surface area contributed by atoms with Crippen molar-refractivity contribution in [3.05, 3.63) is 0 Å². The first kappa shape index (κ1) is 11.9. The van der Waals surface area contributed by atoms with Crippen LogP contribution in [0.5, 0.6) is 0 Å². The Kier molecular flexibility index (Phi) is 3.86. The van der Waals surface area contributed by atoms with Crippen LogP contribution in [0.2, 0.25) is 0 Å². The summed E-state index contributed by atoms with van der Waals surface area (Å²) in [6.07, 6.45) is 5.59. The van der Waals surface area contributed by atoms with E-state index < -0.39 is 0 Å². The summed E-state index contributed by atoms with van der Waals surface area (Å²) in [4.78, 5) is 22.4. The number of carbonyl (C=O) groups excluding carboxylic acids is 2. The van der Waals surface area contributed by atoms with Crippen LogP contribution in [0.15, 0.2) is 0 Å². The summed E-state index contributed by atoms with van der Waals surface area (Å²) in [5.41, 5.74) is 0. The second kappa shape index (κ2) is 5.19. The van der Waals surface area contributed by atoms with Crippen molar-refractivity contribution < 1.29 is 14.3 Å². The predicted octanol–water partition coefficient (Wildman–Crippen LogP) is 1.93. The maximum absolute atomic E-state index is 11.4. The molecule has 1 saturated carbocycles. The van der Waals surface area contributed by atoms with Crippen molar-refractivity contribution in [3.63, 3.8) is 0 Å². The Bertz CT molecular complexity index is 287. The Labute approximate surface area is 99.5 Å². The minimum atomic E-state index is -0.194. The molecule has 1 saturated heterocycles. The SMILES string of the molecule is COC1CCC(CC2SC(=O)NC2=O)CC1. The van der Waals surface area contributed by atoms with Gasteiger partial charge in [-0.15, -0.1) is 0 Å². The van der Waals surface area contributed by atoms with Crippen molar-refractivity contribution in [2.45, 2.75) is 43.5 Å². The van der Waals surface area contributed by atoms with Crippen molar-refractivity contribution in [3.8, 4) is 0 Å². The summed E-state index contributed by atoms with van der Waals surface area (Å²) in [5.74, 6) is 0.462. The average Bonchev–Trinajstić information content (AvgIpc) is 2.59. The van der Waals surface area contributed by atoms with Crippen molar-refractivity contribution in [2.75, 3.05) is 7.11 Å². The Morgan fingerprint density at radius 2 is 2.00 bits per heavy atom. The smallest absolute Gasteiger partial charge is 0.286 e. The third-order valence-electron chi connectivity index (χ3n) is 3.44. The number of imide groups is 1. The molecule has 4 nitrogen and oxygen atoms in total. The minimum Gasteiger partial charge on any atom is -0.381 e. The summed E-state index contributed by atoms with van der Waals surface area (Å²) < 4.78 is 5.31. The molecular weight excluding hydrogens is 226 g/mol. The van der Waals surface area contributed by atoms with Crippen LogP contribution < -0.4 is 5.32 Å². The molecule has 1 atom stereocenters. The number of thioether (sulfide) groups is 1. The number of hydrogen-bond donors (Lipinski definition) is 1. The predicted molar refractivity (Wildman–Crippen MR) is 62.3 cm³/mol. The highest BCUT2D eigenvalue weighted by Gasteiger charge is 2.34. The lowest BCUT2D eigenvalue weighted by molar-refractivity contribution is -0.119. The van der Waals surface area contributed by atoms with Crippen molar-refractivity contribution in [1.82, 2.24) is 5.32 Å². The van der Waals surface area contributed by atoms with Crippen LogP contribution in [0.25, 0.3) is 0 Å². The molecule has 2 rings (SSSR count). The fourth-order valence-electron chi connectivity index (χ4n) is 2.45. The Morgan fingerprint density at radius 1 is 1.31 bits per heavy atom. The zero-order valence-corrected chi connectivity index (χ0v) is 10.2. The van der Waals surface area contributed by atoms with E-state index in [9.17, 15) is 9.59 Å². The summed E-state index contributed by atoms with van der Waals surface area (Å²) in [5, 5.41) is 1.99. The largest absolute Gasteiger partial charge is 0.381 e. The van der Waals surface area contributed by atoms with E-state index >= 15 is 0 Å². The van der Waals surface area contributed by atoms with Crippen LogP contribution in [0.1, 0.15) is 32.1 Å². The topological polar surface area (TPSA) is 55.4 Å². The number of hydrogen-bond acceptors (Lipinski definition) is 4. The van der Waals surface area contributed by atoms with Gasteiger partial charge in [0.2, 0.25) is 5.91 Å². The van der Waals surface area contributed by atoms with Gasteiger partial charge in [-0.2, -0.15) is 0 Å². The number of carbonyl (C=O) groups is 2. The van der Waals surface area contributed by atoms with Gasteiger partial charge in [0.1, 0.15) is 0 Å². The zero-order valence-electron chi connectivity index (χ0n) is 9.40. The van der Waals surface area contributed by atoms with E-state index in [4.69, 9.17) is 4.74 Å². The molecule has 0 spiro atoms. The highest BCUT2D eigenvalue weighted by Crippen LogP contribution is 2.33. The van der Waals surface area contributed by atoms with Gasteiger partial charge in [0.15, 0.2) is 0 Å². The lowest BCUT2D eigenvalue weighted by Crippen LogP contribution is -2.28. The van der Waals surface area contributed by atoms with Gasteiger partial charge in [0.25, 0.3) is 5.24 Å². The molecule has 1 heterocycles. The van der Waals surface area contributed by atoms with Gasteiger partial charge in [-0.3, -0.25) is 14.9 Å². The molecule has 1 aliphatic carbocycles. The molecular formula is C11H17NO3S. The van der Waals surface area contributed by atoms with Gasteiger partial charge in [-0.05, 0) is 38.0 Å². The van der Waals surface area contributed by atoms with Gasteiger partial charge in [0.05, 0.1) is 11.4 Å². The molecule has 16 heavy (non-hydrogen) atoms. The first-order valence-corrected chi connectivity index (χ1v) is 6.61. The normalized spacial score (nSPS) is 35.2. The molecule has 0 aromatic rings. The van der Waals surface area contributed by atoms with Crippen LogP contribution in [0, 0.1) is 5.92 Å². The van der Waals surface area contributed by atoms with E-state index in [1.165, 1.54) is 0 Å². The van der Waals surface area contributed by atoms with Crippen LogP contribution in [0.4, 0.5) is 4.79 Å². The number of amides is 2. The second-order valence-electron chi connectivity index (χ2n) is 4.50. The summed E-state index contributed by atoms with van der Waals surface area (Å²) in [6.45, 7) is 0. The van der Waals surface area contributed by atoms with Gasteiger partial charge >= 0.3 is 0 Å². The highest BCUT2D eigenvalue weighted by molar-refractivity contribution is 8.15. The third-order valence-corrected chi connectivity index (χ3v) is 4.45. The molecule has 2 amide bonds. The van der Waals surface area contributed by atoms with E-state index in [1.54, 1.807) is 7.11 Å². The van der Waals surface area contributed by atoms with Crippen LogP contribution in [-0.4, -0.2) is 29.6 Å². The molecule has 0 radical (unpaired) electrons. The summed E-state index contributed by atoms with van der Waals surface area (Å²) >= 11 is 1.14. The highest BCUT2D eigenvalue weighted by atomic mass is 32.2. The van der Waals surface area contributed by atoms with Crippen molar-refractivity contribution in [2.24, 2.45) is 5.92 Å². The molecule has 0 aromatic carbocycles. The van der Waals surface area contributed by atoms with Gasteiger partial charge in [0, 0.05) is 7.11 Å². The maximum atomic E-state index is 11.4. The molecule has 5 heteroatoms. The average molecular weight is 243 g/mol. The molecule has 1 aliphatic heterocycles. The molecule has 2 fully saturated rings. The number of ether oxygens (including phenoxy) is 1.